The number of thiophene rings is 1. The summed E-state index contributed by atoms with van der Waals surface area (Å²) >= 11 is 1.83. The third kappa shape index (κ3) is 2.26. The Hall–Kier alpha value is -1.62. The van der Waals surface area contributed by atoms with E-state index in [0.29, 0.717) is 12.0 Å². The van der Waals surface area contributed by atoms with Crippen molar-refractivity contribution in [2.24, 2.45) is 0 Å². The number of H-pyrrole nitrogens is 1. The van der Waals surface area contributed by atoms with Gasteiger partial charge in [0.15, 0.2) is 0 Å². The van der Waals surface area contributed by atoms with Gasteiger partial charge in [0.05, 0.1) is 6.04 Å². The van der Waals surface area contributed by atoms with Crippen molar-refractivity contribution in [3.8, 4) is 0 Å². The van der Waals surface area contributed by atoms with E-state index in [0.717, 1.165) is 30.9 Å². The molecular weight excluding hydrogens is 270 g/mol. The van der Waals surface area contributed by atoms with Gasteiger partial charge in [0.25, 0.3) is 5.56 Å². The van der Waals surface area contributed by atoms with Gasteiger partial charge in [-0.2, -0.15) is 0 Å². The van der Waals surface area contributed by atoms with E-state index in [1.54, 1.807) is 6.07 Å². The average Bonchev–Trinajstić information content (AvgIpc) is 3.17. The van der Waals surface area contributed by atoms with Crippen LogP contribution < -0.4 is 10.9 Å². The quantitative estimate of drug-likeness (QED) is 0.911. The SMILES string of the molecule is O=c1cc(NC2CCCc3sccc32)nc(C2CC2)[nH]1. The second-order valence-corrected chi connectivity index (χ2v) is 6.68. The molecule has 0 amide bonds. The fourth-order valence-electron chi connectivity index (χ4n) is 2.92. The summed E-state index contributed by atoms with van der Waals surface area (Å²) in [5.74, 6) is 2.04. The van der Waals surface area contributed by atoms with E-state index in [9.17, 15) is 4.79 Å². The normalized spacial score (nSPS) is 21.5. The molecule has 1 atom stereocenters. The first kappa shape index (κ1) is 12.1. The summed E-state index contributed by atoms with van der Waals surface area (Å²) in [6, 6.07) is 4.07. The lowest BCUT2D eigenvalue weighted by Crippen LogP contribution is -2.19. The molecule has 20 heavy (non-hydrogen) atoms. The van der Waals surface area contributed by atoms with Gasteiger partial charge in [-0.1, -0.05) is 0 Å². The van der Waals surface area contributed by atoms with Crippen molar-refractivity contribution in [3.63, 3.8) is 0 Å². The van der Waals surface area contributed by atoms with Crippen LogP contribution in [-0.2, 0) is 6.42 Å². The van der Waals surface area contributed by atoms with E-state index in [2.05, 4.69) is 26.7 Å². The first-order valence-corrected chi connectivity index (χ1v) is 8.11. The highest BCUT2D eigenvalue weighted by Gasteiger charge is 2.27. The van der Waals surface area contributed by atoms with E-state index in [-0.39, 0.29) is 5.56 Å². The number of rotatable bonds is 3. The van der Waals surface area contributed by atoms with Crippen LogP contribution in [0.3, 0.4) is 0 Å². The van der Waals surface area contributed by atoms with Crippen LogP contribution in [0.4, 0.5) is 5.82 Å². The largest absolute Gasteiger partial charge is 0.363 e. The first-order chi connectivity index (χ1) is 9.79. The molecule has 1 saturated carbocycles. The number of aryl methyl sites for hydroxylation is 1. The van der Waals surface area contributed by atoms with Gasteiger partial charge in [-0.05, 0) is 49.1 Å². The van der Waals surface area contributed by atoms with E-state index in [4.69, 9.17) is 0 Å². The fourth-order valence-corrected chi connectivity index (χ4v) is 3.90. The maximum atomic E-state index is 11.7. The maximum Gasteiger partial charge on any atom is 0.252 e. The van der Waals surface area contributed by atoms with E-state index < -0.39 is 0 Å². The lowest BCUT2D eigenvalue weighted by Gasteiger charge is -2.24. The molecule has 0 aliphatic heterocycles. The molecule has 104 valence electrons. The van der Waals surface area contributed by atoms with Crippen molar-refractivity contribution in [1.82, 2.24) is 9.97 Å². The monoisotopic (exact) mass is 287 g/mol. The Morgan fingerprint density at radius 2 is 2.25 bits per heavy atom. The molecule has 0 spiro atoms. The van der Waals surface area contributed by atoms with E-state index in [1.165, 1.54) is 23.3 Å². The van der Waals surface area contributed by atoms with Crippen LogP contribution in [-0.4, -0.2) is 9.97 Å². The van der Waals surface area contributed by atoms with Crippen molar-refractivity contribution in [1.29, 1.82) is 0 Å². The highest BCUT2D eigenvalue weighted by Crippen LogP contribution is 2.38. The molecule has 4 nitrogen and oxygen atoms in total. The minimum absolute atomic E-state index is 0.0502. The molecule has 2 aromatic heterocycles. The van der Waals surface area contributed by atoms with Gasteiger partial charge in [-0.15, -0.1) is 11.3 Å². The predicted molar refractivity (Wildman–Crippen MR) is 80.5 cm³/mol. The van der Waals surface area contributed by atoms with Crippen LogP contribution in [0.5, 0.6) is 0 Å². The number of hydrogen-bond acceptors (Lipinski definition) is 4. The number of fused-ring (bicyclic) bond motifs is 1. The number of anilines is 1. The zero-order valence-corrected chi connectivity index (χ0v) is 12.0. The molecule has 4 rings (SSSR count). The van der Waals surface area contributed by atoms with Crippen molar-refractivity contribution >= 4 is 17.2 Å². The lowest BCUT2D eigenvalue weighted by atomic mass is 9.94. The summed E-state index contributed by atoms with van der Waals surface area (Å²) in [5.41, 5.74) is 1.34. The molecule has 0 aromatic carbocycles. The third-order valence-electron chi connectivity index (χ3n) is 4.10. The smallest absolute Gasteiger partial charge is 0.252 e. The molecule has 0 saturated heterocycles. The van der Waals surface area contributed by atoms with Gasteiger partial charge in [0, 0.05) is 16.9 Å². The third-order valence-corrected chi connectivity index (χ3v) is 5.09. The van der Waals surface area contributed by atoms with Crippen molar-refractivity contribution < 1.29 is 0 Å². The second kappa shape index (κ2) is 4.74. The van der Waals surface area contributed by atoms with Crippen LogP contribution in [0.15, 0.2) is 22.3 Å². The Morgan fingerprint density at radius 3 is 3.10 bits per heavy atom. The summed E-state index contributed by atoms with van der Waals surface area (Å²) in [6.45, 7) is 0. The topological polar surface area (TPSA) is 57.8 Å². The zero-order valence-electron chi connectivity index (χ0n) is 11.2. The van der Waals surface area contributed by atoms with Crippen LogP contribution in [0.25, 0.3) is 0 Å². The van der Waals surface area contributed by atoms with Gasteiger partial charge in [0.1, 0.15) is 11.6 Å². The second-order valence-electron chi connectivity index (χ2n) is 5.68. The molecule has 0 radical (unpaired) electrons. The number of hydrogen-bond donors (Lipinski definition) is 2. The van der Waals surface area contributed by atoms with Gasteiger partial charge in [0.2, 0.25) is 0 Å². The van der Waals surface area contributed by atoms with E-state index in [1.807, 2.05) is 11.3 Å². The molecule has 2 aromatic rings. The number of aromatic nitrogens is 2. The Bertz CT molecular complexity index is 686. The molecule has 2 aliphatic rings. The molecule has 2 N–H and O–H groups in total. The first-order valence-electron chi connectivity index (χ1n) is 7.23. The highest BCUT2D eigenvalue weighted by molar-refractivity contribution is 7.10. The van der Waals surface area contributed by atoms with Crippen molar-refractivity contribution in [2.75, 3.05) is 5.32 Å². The Morgan fingerprint density at radius 1 is 1.35 bits per heavy atom. The molecule has 1 unspecified atom stereocenters. The molecule has 1 fully saturated rings. The Labute approximate surface area is 121 Å². The highest BCUT2D eigenvalue weighted by atomic mass is 32.1. The number of nitrogens with one attached hydrogen (secondary N) is 2. The van der Waals surface area contributed by atoms with Crippen LogP contribution in [0, 0.1) is 0 Å². The van der Waals surface area contributed by atoms with Crippen LogP contribution in [0.2, 0.25) is 0 Å². The molecule has 5 heteroatoms. The number of nitrogens with zero attached hydrogens (tertiary/aromatic N) is 1. The molecule has 2 heterocycles. The molecule has 0 bridgehead atoms. The lowest BCUT2D eigenvalue weighted by molar-refractivity contribution is 0.606. The Balaban J connectivity index is 1.62. The Kier molecular flexibility index (Phi) is 2.88. The fraction of sp³-hybridized carbons (Fsp3) is 0.467. The average molecular weight is 287 g/mol. The van der Waals surface area contributed by atoms with Crippen LogP contribution in [0.1, 0.15) is 53.9 Å². The van der Waals surface area contributed by atoms with Gasteiger partial charge < -0.3 is 10.3 Å². The minimum atomic E-state index is -0.0502. The minimum Gasteiger partial charge on any atom is -0.363 e. The summed E-state index contributed by atoms with van der Waals surface area (Å²) in [7, 11) is 0. The van der Waals surface area contributed by atoms with Crippen LogP contribution >= 0.6 is 11.3 Å². The molecular formula is C15H17N3OS. The zero-order chi connectivity index (χ0) is 13.5. The predicted octanol–water partition coefficient (Wildman–Crippen LogP) is 3.20. The van der Waals surface area contributed by atoms with Gasteiger partial charge >= 0.3 is 0 Å². The summed E-state index contributed by atoms with van der Waals surface area (Å²) in [5, 5.41) is 5.62. The van der Waals surface area contributed by atoms with E-state index >= 15 is 0 Å². The maximum absolute atomic E-state index is 11.7. The summed E-state index contributed by atoms with van der Waals surface area (Å²) in [4.78, 5) is 20.7. The summed E-state index contributed by atoms with van der Waals surface area (Å²) in [6.07, 6.45) is 5.77. The van der Waals surface area contributed by atoms with Gasteiger partial charge in [-0.3, -0.25) is 4.79 Å². The van der Waals surface area contributed by atoms with Crippen molar-refractivity contribution in [3.05, 3.63) is 44.1 Å². The van der Waals surface area contributed by atoms with Gasteiger partial charge in [-0.25, -0.2) is 4.98 Å². The standard InChI is InChI=1S/C15H17N3OS/c19-14-8-13(17-15(18-14)9-4-5-9)16-11-2-1-3-12-10(11)6-7-20-12/h6-9,11H,1-5H2,(H2,16,17,18,19). The summed E-state index contributed by atoms with van der Waals surface area (Å²) < 4.78 is 0. The molecule has 2 aliphatic carbocycles. The van der Waals surface area contributed by atoms with Crippen molar-refractivity contribution in [2.45, 2.75) is 44.1 Å². The number of aromatic amines is 1.